The van der Waals surface area contributed by atoms with Crippen molar-refractivity contribution in [1.82, 2.24) is 19.5 Å². The molecule has 3 aromatic rings. The first-order valence-electron chi connectivity index (χ1n) is 8.88. The highest BCUT2D eigenvalue weighted by Crippen LogP contribution is 2.24. The Bertz CT molecular complexity index is 937. The third-order valence-corrected chi connectivity index (χ3v) is 4.49. The van der Waals surface area contributed by atoms with E-state index in [1.165, 1.54) is 18.6 Å². The number of nitrogens with one attached hydrogen (secondary N) is 1. The minimum absolute atomic E-state index is 0.264. The first kappa shape index (κ1) is 17.1. The quantitative estimate of drug-likeness (QED) is 0.768. The molecule has 1 aromatic carbocycles. The summed E-state index contributed by atoms with van der Waals surface area (Å²) in [5.41, 5.74) is 1.33. The Kier molecular flexibility index (Phi) is 4.78. The number of imidazole rings is 1. The highest BCUT2D eigenvalue weighted by atomic mass is 19.1. The number of carbonyl (C=O) groups is 1. The molecule has 3 heterocycles. The van der Waals surface area contributed by atoms with Gasteiger partial charge in [0.25, 0.3) is 5.91 Å². The lowest BCUT2D eigenvalue weighted by Gasteiger charge is -2.29. The predicted octanol–water partition coefficient (Wildman–Crippen LogP) is 3.04. The van der Waals surface area contributed by atoms with Crippen LogP contribution < -0.4 is 10.2 Å². The number of aromatic nitrogens is 4. The van der Waals surface area contributed by atoms with Crippen LogP contribution in [0.3, 0.4) is 0 Å². The van der Waals surface area contributed by atoms with Crippen LogP contribution in [0.5, 0.6) is 0 Å². The predicted molar refractivity (Wildman–Crippen MR) is 99.6 cm³/mol. The van der Waals surface area contributed by atoms with Crippen LogP contribution in [0.25, 0.3) is 5.95 Å². The maximum absolute atomic E-state index is 13.4. The lowest BCUT2D eigenvalue weighted by Crippen LogP contribution is -2.32. The van der Waals surface area contributed by atoms with Gasteiger partial charge in [-0.15, -0.1) is 0 Å². The Labute approximate surface area is 155 Å². The summed E-state index contributed by atoms with van der Waals surface area (Å²) in [6.07, 6.45) is 9.88. The zero-order valence-corrected chi connectivity index (χ0v) is 14.7. The summed E-state index contributed by atoms with van der Waals surface area (Å²) in [5, 5.41) is 2.73. The summed E-state index contributed by atoms with van der Waals surface area (Å²) in [6.45, 7) is 1.71. The summed E-state index contributed by atoms with van der Waals surface area (Å²) in [7, 11) is 0. The van der Waals surface area contributed by atoms with Crippen LogP contribution in [0.4, 0.5) is 15.8 Å². The highest BCUT2D eigenvalue weighted by molar-refractivity contribution is 6.06. The summed E-state index contributed by atoms with van der Waals surface area (Å²) in [4.78, 5) is 27.9. The molecule has 0 aliphatic carbocycles. The lowest BCUT2D eigenvalue weighted by molar-refractivity contribution is 0.102. The van der Waals surface area contributed by atoms with Gasteiger partial charge in [-0.25, -0.2) is 19.3 Å². The molecule has 2 aromatic heterocycles. The van der Waals surface area contributed by atoms with Crippen molar-refractivity contribution < 1.29 is 9.18 Å². The molecule has 1 aliphatic rings. The standard InChI is InChI=1S/C19H19FN6O/c20-14-5-4-6-15(11-14)23-18(27)17-16(25-8-2-1-3-9-25)12-22-19(24-17)26-10-7-21-13-26/h4-7,10-13H,1-3,8-9H2,(H,23,27). The van der Waals surface area contributed by atoms with E-state index in [1.54, 1.807) is 41.6 Å². The van der Waals surface area contributed by atoms with Crippen molar-refractivity contribution in [1.29, 1.82) is 0 Å². The van der Waals surface area contributed by atoms with Crippen molar-refractivity contribution in [2.45, 2.75) is 19.3 Å². The van der Waals surface area contributed by atoms with Gasteiger partial charge in [0.05, 0.1) is 11.9 Å². The minimum Gasteiger partial charge on any atom is -0.368 e. The Morgan fingerprint density at radius 3 is 2.78 bits per heavy atom. The number of halogens is 1. The number of hydrogen-bond acceptors (Lipinski definition) is 5. The van der Waals surface area contributed by atoms with Crippen molar-refractivity contribution in [2.75, 3.05) is 23.3 Å². The molecular formula is C19H19FN6O. The Balaban J connectivity index is 1.70. The molecule has 27 heavy (non-hydrogen) atoms. The van der Waals surface area contributed by atoms with Gasteiger partial charge < -0.3 is 10.2 Å². The van der Waals surface area contributed by atoms with Gasteiger partial charge in [0.1, 0.15) is 12.1 Å². The molecule has 4 rings (SSSR count). The van der Waals surface area contributed by atoms with Gasteiger partial charge in [0, 0.05) is 31.2 Å². The van der Waals surface area contributed by atoms with Crippen LogP contribution in [0.15, 0.2) is 49.2 Å². The van der Waals surface area contributed by atoms with Crippen LogP contribution in [0.2, 0.25) is 0 Å². The van der Waals surface area contributed by atoms with Gasteiger partial charge in [0.15, 0.2) is 5.69 Å². The molecule has 1 saturated heterocycles. The molecule has 7 nitrogen and oxygen atoms in total. The van der Waals surface area contributed by atoms with E-state index in [0.29, 0.717) is 17.3 Å². The zero-order valence-electron chi connectivity index (χ0n) is 14.7. The van der Waals surface area contributed by atoms with E-state index in [2.05, 4.69) is 25.2 Å². The fourth-order valence-electron chi connectivity index (χ4n) is 3.16. The summed E-state index contributed by atoms with van der Waals surface area (Å²) in [6, 6.07) is 5.79. The number of anilines is 2. The Hall–Kier alpha value is -3.29. The van der Waals surface area contributed by atoms with E-state index in [-0.39, 0.29) is 5.69 Å². The number of piperidine rings is 1. The summed E-state index contributed by atoms with van der Waals surface area (Å²) < 4.78 is 15.1. The molecule has 0 atom stereocenters. The average molecular weight is 366 g/mol. The van der Waals surface area contributed by atoms with Crippen molar-refractivity contribution in [3.8, 4) is 5.95 Å². The molecule has 1 amide bonds. The molecule has 0 saturated carbocycles. The van der Waals surface area contributed by atoms with Crippen LogP contribution in [-0.2, 0) is 0 Å². The monoisotopic (exact) mass is 366 g/mol. The smallest absolute Gasteiger partial charge is 0.276 e. The molecule has 0 spiro atoms. The number of hydrogen-bond donors (Lipinski definition) is 1. The summed E-state index contributed by atoms with van der Waals surface area (Å²) in [5.74, 6) is -0.451. The Morgan fingerprint density at radius 2 is 2.04 bits per heavy atom. The molecule has 0 radical (unpaired) electrons. The zero-order chi connectivity index (χ0) is 18.6. The van der Waals surface area contributed by atoms with Crippen LogP contribution in [0, 0.1) is 5.82 Å². The van der Waals surface area contributed by atoms with Crippen molar-refractivity contribution >= 4 is 17.3 Å². The average Bonchev–Trinajstić information content (AvgIpc) is 3.23. The van der Waals surface area contributed by atoms with Crippen molar-refractivity contribution in [2.24, 2.45) is 0 Å². The van der Waals surface area contributed by atoms with Gasteiger partial charge >= 0.3 is 0 Å². The second-order valence-electron chi connectivity index (χ2n) is 6.39. The van der Waals surface area contributed by atoms with E-state index in [9.17, 15) is 9.18 Å². The van der Waals surface area contributed by atoms with E-state index >= 15 is 0 Å². The highest BCUT2D eigenvalue weighted by Gasteiger charge is 2.22. The molecule has 0 unspecified atom stereocenters. The fraction of sp³-hybridized carbons (Fsp3) is 0.263. The summed E-state index contributed by atoms with van der Waals surface area (Å²) >= 11 is 0. The van der Waals surface area contributed by atoms with E-state index in [4.69, 9.17) is 0 Å². The van der Waals surface area contributed by atoms with E-state index in [0.717, 1.165) is 25.9 Å². The van der Waals surface area contributed by atoms with Gasteiger partial charge in [-0.05, 0) is 37.5 Å². The SMILES string of the molecule is O=C(Nc1cccc(F)c1)c1nc(-n2ccnc2)ncc1N1CCCCC1. The van der Waals surface area contributed by atoms with Crippen molar-refractivity contribution in [3.63, 3.8) is 0 Å². The largest absolute Gasteiger partial charge is 0.368 e. The molecule has 0 bridgehead atoms. The number of carbonyl (C=O) groups excluding carboxylic acids is 1. The second-order valence-corrected chi connectivity index (χ2v) is 6.39. The molecule has 1 aliphatic heterocycles. The van der Waals surface area contributed by atoms with E-state index in [1.807, 2.05) is 0 Å². The van der Waals surface area contributed by atoms with Gasteiger partial charge in [0.2, 0.25) is 5.95 Å². The number of amides is 1. The first-order chi connectivity index (χ1) is 13.2. The topological polar surface area (TPSA) is 75.9 Å². The fourth-order valence-corrected chi connectivity index (χ4v) is 3.16. The van der Waals surface area contributed by atoms with Crippen LogP contribution in [0.1, 0.15) is 29.8 Å². The van der Waals surface area contributed by atoms with Gasteiger partial charge in [-0.2, -0.15) is 0 Å². The lowest BCUT2D eigenvalue weighted by atomic mass is 10.1. The van der Waals surface area contributed by atoms with Gasteiger partial charge in [-0.1, -0.05) is 6.07 Å². The number of rotatable bonds is 4. The maximum Gasteiger partial charge on any atom is 0.276 e. The van der Waals surface area contributed by atoms with Crippen molar-refractivity contribution in [3.05, 3.63) is 60.7 Å². The van der Waals surface area contributed by atoms with E-state index < -0.39 is 11.7 Å². The van der Waals surface area contributed by atoms with Crippen LogP contribution >= 0.6 is 0 Å². The first-order valence-corrected chi connectivity index (χ1v) is 8.88. The maximum atomic E-state index is 13.4. The number of benzene rings is 1. The normalized spacial score (nSPS) is 14.2. The minimum atomic E-state index is -0.411. The molecule has 1 N–H and O–H groups in total. The molecule has 138 valence electrons. The molecule has 8 heteroatoms. The molecular weight excluding hydrogens is 347 g/mol. The van der Waals surface area contributed by atoms with Crippen LogP contribution in [-0.4, -0.2) is 38.5 Å². The van der Waals surface area contributed by atoms with Gasteiger partial charge in [-0.3, -0.25) is 9.36 Å². The second kappa shape index (κ2) is 7.53. The molecule has 1 fully saturated rings. The third-order valence-electron chi connectivity index (χ3n) is 4.49. The Morgan fingerprint density at radius 1 is 1.19 bits per heavy atom. The third kappa shape index (κ3) is 3.79. The number of nitrogens with zero attached hydrogens (tertiary/aromatic N) is 5.